The lowest BCUT2D eigenvalue weighted by atomic mass is 10.1. The van der Waals surface area contributed by atoms with Gasteiger partial charge in [-0.2, -0.15) is 26.3 Å². The van der Waals surface area contributed by atoms with E-state index in [0.717, 1.165) is 27.3 Å². The van der Waals surface area contributed by atoms with E-state index in [2.05, 4.69) is 5.32 Å². The summed E-state index contributed by atoms with van der Waals surface area (Å²) in [4.78, 5) is 32.2. The van der Waals surface area contributed by atoms with Crippen molar-refractivity contribution >= 4 is 13.3 Å². The summed E-state index contributed by atoms with van der Waals surface area (Å²) in [6, 6.07) is 12.5. The van der Waals surface area contributed by atoms with Gasteiger partial charge in [0.25, 0.3) is 5.56 Å². The molecule has 1 aliphatic rings. The summed E-state index contributed by atoms with van der Waals surface area (Å²) in [5, 5.41) is 3.22. The van der Waals surface area contributed by atoms with Gasteiger partial charge in [0.15, 0.2) is 0 Å². The fourth-order valence-corrected chi connectivity index (χ4v) is 8.22. The first kappa shape index (κ1) is 42.9. The molecule has 1 fully saturated rings. The van der Waals surface area contributed by atoms with E-state index in [0.29, 0.717) is 11.6 Å². The molecule has 1 saturated heterocycles. The number of anilines is 1. The minimum atomic E-state index is -4.96. The highest BCUT2D eigenvalue weighted by molar-refractivity contribution is 7.53. The molecule has 4 aromatic rings. The molecular weight excluding hydrogens is 774 g/mol. The van der Waals surface area contributed by atoms with Crippen LogP contribution in [-0.4, -0.2) is 66.1 Å². The monoisotopic (exact) mass is 817 g/mol. The number of nitrogens with one attached hydrogen (secondary N) is 1. The Labute approximate surface area is 318 Å². The molecule has 56 heavy (non-hydrogen) atoms. The average Bonchev–Trinajstić information content (AvgIpc) is 3.62. The van der Waals surface area contributed by atoms with Crippen molar-refractivity contribution in [3.63, 3.8) is 0 Å². The normalized spacial score (nSPS) is 15.1. The first-order valence-corrected chi connectivity index (χ1v) is 19.7. The average molecular weight is 818 g/mol. The van der Waals surface area contributed by atoms with Gasteiger partial charge in [0.2, 0.25) is 5.76 Å². The molecule has 19 heteroatoms. The van der Waals surface area contributed by atoms with Gasteiger partial charge in [0, 0.05) is 44.0 Å². The van der Waals surface area contributed by atoms with Crippen LogP contribution in [0.3, 0.4) is 0 Å². The van der Waals surface area contributed by atoms with Gasteiger partial charge in [-0.25, -0.2) is 9.18 Å². The SMILES string of the molecule is CCOP(=O)(CCN[C@@H](Cn1c(=O)c(N2CCN(Cc3ccc(C(F)(F)F)o3)CC2)c(C)n(Cc2c(F)cccc2C(F)(F)F)c1=O)c1ccccc1)OCC. The standard InChI is InChI=1S/C37H43F7N5O6P/c1-4-53-56(52,54-5-2)21-16-45-31(26-10-7-6-8-11-26)24-49-34(50)33(47-19-17-46(18-20-47)22-27-14-15-32(55-27)37(42,43)44)25(3)48(35(49)51)23-28-29(36(39,40)41)12-9-13-30(28)38/h6-15,31,45H,4-5,16-24H2,1-3H3/t31-/m0/s1. The minimum absolute atomic E-state index is 0.000480. The second-order valence-electron chi connectivity index (χ2n) is 13.1. The predicted molar refractivity (Wildman–Crippen MR) is 194 cm³/mol. The molecule has 0 amide bonds. The zero-order valence-corrected chi connectivity index (χ0v) is 31.9. The van der Waals surface area contributed by atoms with Crippen molar-refractivity contribution < 1.29 is 48.8 Å². The van der Waals surface area contributed by atoms with Crippen molar-refractivity contribution in [1.29, 1.82) is 0 Å². The summed E-state index contributed by atoms with van der Waals surface area (Å²) in [7, 11) is -3.50. The van der Waals surface area contributed by atoms with Crippen LogP contribution in [0, 0.1) is 12.7 Å². The number of halogens is 7. The van der Waals surface area contributed by atoms with Crippen LogP contribution in [0.4, 0.5) is 36.4 Å². The lowest BCUT2D eigenvalue weighted by Crippen LogP contribution is -2.51. The van der Waals surface area contributed by atoms with Crippen LogP contribution in [0.25, 0.3) is 0 Å². The number of piperazine rings is 1. The third-order valence-electron chi connectivity index (χ3n) is 9.40. The van der Waals surface area contributed by atoms with Gasteiger partial charge in [0.1, 0.15) is 17.3 Å². The fourth-order valence-electron chi connectivity index (χ4n) is 6.70. The summed E-state index contributed by atoms with van der Waals surface area (Å²) in [6.45, 7) is 4.74. The molecular formula is C37H43F7N5O6P. The maximum absolute atomic E-state index is 15.2. The van der Waals surface area contributed by atoms with Crippen molar-refractivity contribution in [2.75, 3.05) is 57.0 Å². The number of nitrogens with zero attached hydrogens (tertiary/aromatic N) is 4. The van der Waals surface area contributed by atoms with Crippen molar-refractivity contribution in [3.05, 3.63) is 121 Å². The predicted octanol–water partition coefficient (Wildman–Crippen LogP) is 7.06. The Bertz CT molecular complexity index is 2100. The second-order valence-corrected chi connectivity index (χ2v) is 15.3. The number of hydrogen-bond donors (Lipinski definition) is 1. The molecule has 2 aromatic heterocycles. The van der Waals surface area contributed by atoms with Gasteiger partial charge in [-0.05, 0) is 50.6 Å². The number of alkyl halides is 6. The maximum Gasteiger partial charge on any atom is 0.449 e. The van der Waals surface area contributed by atoms with E-state index in [1.807, 2.05) is 4.90 Å². The summed E-state index contributed by atoms with van der Waals surface area (Å²) in [6.07, 6.45) is -9.66. The largest absolute Gasteiger partial charge is 0.455 e. The Morgan fingerprint density at radius 2 is 1.50 bits per heavy atom. The Morgan fingerprint density at radius 1 is 0.839 bits per heavy atom. The Morgan fingerprint density at radius 3 is 2.09 bits per heavy atom. The van der Waals surface area contributed by atoms with Crippen LogP contribution >= 0.6 is 7.60 Å². The molecule has 0 radical (unpaired) electrons. The van der Waals surface area contributed by atoms with Crippen molar-refractivity contribution in [2.45, 2.75) is 58.8 Å². The van der Waals surface area contributed by atoms with E-state index in [1.54, 1.807) is 49.1 Å². The van der Waals surface area contributed by atoms with Crippen molar-refractivity contribution in [3.8, 4) is 0 Å². The van der Waals surface area contributed by atoms with Crippen molar-refractivity contribution in [2.24, 2.45) is 0 Å². The highest BCUT2D eigenvalue weighted by Crippen LogP contribution is 2.47. The lowest BCUT2D eigenvalue weighted by Gasteiger charge is -2.36. The molecule has 1 N–H and O–H groups in total. The van der Waals surface area contributed by atoms with E-state index in [4.69, 9.17) is 13.5 Å². The van der Waals surface area contributed by atoms with Crippen LogP contribution in [0.15, 0.2) is 74.7 Å². The van der Waals surface area contributed by atoms with Gasteiger partial charge in [-0.15, -0.1) is 0 Å². The third-order valence-corrected chi connectivity index (χ3v) is 11.5. The highest BCUT2D eigenvalue weighted by atomic mass is 31.2. The van der Waals surface area contributed by atoms with E-state index < -0.39 is 66.5 Å². The number of rotatable bonds is 16. The van der Waals surface area contributed by atoms with E-state index >= 15 is 4.39 Å². The third kappa shape index (κ3) is 10.2. The molecule has 1 aliphatic heterocycles. The summed E-state index contributed by atoms with van der Waals surface area (Å²) in [5.74, 6) is -2.24. The molecule has 306 valence electrons. The first-order valence-electron chi connectivity index (χ1n) is 17.9. The van der Waals surface area contributed by atoms with Crippen LogP contribution in [0.1, 0.15) is 53.8 Å². The number of furan rings is 1. The first-order chi connectivity index (χ1) is 26.5. The Hall–Kier alpha value is -4.22. The van der Waals surface area contributed by atoms with Crippen LogP contribution in [0.5, 0.6) is 0 Å². The van der Waals surface area contributed by atoms with E-state index in [9.17, 15) is 40.5 Å². The molecule has 11 nitrogen and oxygen atoms in total. The molecule has 0 saturated carbocycles. The van der Waals surface area contributed by atoms with Crippen molar-refractivity contribution in [1.82, 2.24) is 19.4 Å². The minimum Gasteiger partial charge on any atom is -0.455 e. The zero-order chi connectivity index (χ0) is 40.8. The number of benzene rings is 2. The molecule has 3 heterocycles. The summed E-state index contributed by atoms with van der Waals surface area (Å²) >= 11 is 0. The van der Waals surface area contributed by atoms with Gasteiger partial charge < -0.3 is 23.7 Å². The second kappa shape index (κ2) is 17.9. The molecule has 0 aliphatic carbocycles. The summed E-state index contributed by atoms with van der Waals surface area (Å²) < 4.78 is 128. The molecule has 2 aromatic carbocycles. The van der Waals surface area contributed by atoms with Gasteiger partial charge in [-0.3, -0.25) is 23.4 Å². The maximum atomic E-state index is 15.2. The smallest absolute Gasteiger partial charge is 0.449 e. The quantitative estimate of drug-likeness (QED) is 0.0940. The zero-order valence-electron chi connectivity index (χ0n) is 31.0. The number of hydrogen-bond acceptors (Lipinski definition) is 9. The highest BCUT2D eigenvalue weighted by Gasteiger charge is 2.37. The van der Waals surface area contributed by atoms with Gasteiger partial charge >= 0.3 is 25.6 Å². The fraction of sp³-hybridized carbons (Fsp3) is 0.459. The molecule has 1 atom stereocenters. The van der Waals surface area contributed by atoms with Crippen LogP contribution < -0.4 is 21.5 Å². The molecule has 5 rings (SSSR count). The molecule has 0 unspecified atom stereocenters. The van der Waals surface area contributed by atoms with E-state index in [-0.39, 0.29) is 82.3 Å². The lowest BCUT2D eigenvalue weighted by molar-refractivity contribution is -0.153. The van der Waals surface area contributed by atoms with Crippen LogP contribution in [0.2, 0.25) is 0 Å². The Balaban J connectivity index is 1.53. The van der Waals surface area contributed by atoms with Gasteiger partial charge in [0.05, 0.1) is 50.6 Å². The number of aromatic nitrogens is 2. The summed E-state index contributed by atoms with van der Waals surface area (Å²) in [5.41, 5.74) is -3.18. The van der Waals surface area contributed by atoms with Crippen LogP contribution in [-0.2, 0) is 45.6 Å². The van der Waals surface area contributed by atoms with Gasteiger partial charge in [-0.1, -0.05) is 36.4 Å². The van der Waals surface area contributed by atoms with E-state index in [1.165, 1.54) is 13.0 Å². The molecule has 0 spiro atoms. The molecule has 0 bridgehead atoms. The topological polar surface area (TPSA) is 111 Å². The Kier molecular flexibility index (Phi) is 13.7.